The van der Waals surface area contributed by atoms with E-state index in [2.05, 4.69) is 9.46 Å². The summed E-state index contributed by atoms with van der Waals surface area (Å²) >= 11 is 0. The number of hydrogen-bond donors (Lipinski definition) is 2. The second-order valence-corrected chi connectivity index (χ2v) is 5.61. The third-order valence-electron chi connectivity index (χ3n) is 2.34. The summed E-state index contributed by atoms with van der Waals surface area (Å²) in [6, 6.07) is 2.95. The standard InChI is InChI=1S/C11H15NO5S/c1-7-5-10(13)8(2)4-9(7)12-18(15,16)6-11(14)17-3/h4-5,12-13H,6H2,1-3H3. The Balaban J connectivity index is 2.98. The molecule has 0 aliphatic rings. The van der Waals surface area contributed by atoms with E-state index < -0.39 is 21.7 Å². The fraction of sp³-hybridized carbons (Fsp3) is 0.364. The van der Waals surface area contributed by atoms with Gasteiger partial charge in [0.25, 0.3) is 0 Å². The number of sulfonamides is 1. The number of esters is 1. The Morgan fingerprint density at radius 3 is 2.50 bits per heavy atom. The van der Waals surface area contributed by atoms with Crippen LogP contribution >= 0.6 is 0 Å². The molecular weight excluding hydrogens is 258 g/mol. The van der Waals surface area contributed by atoms with Crippen LogP contribution in [0.15, 0.2) is 12.1 Å². The number of methoxy groups -OCH3 is 1. The first-order valence-corrected chi connectivity index (χ1v) is 6.78. The number of nitrogens with one attached hydrogen (secondary N) is 1. The topological polar surface area (TPSA) is 92.7 Å². The normalized spacial score (nSPS) is 11.1. The van der Waals surface area contributed by atoms with Crippen molar-refractivity contribution in [2.45, 2.75) is 13.8 Å². The highest BCUT2D eigenvalue weighted by Crippen LogP contribution is 2.25. The van der Waals surface area contributed by atoms with Gasteiger partial charge < -0.3 is 9.84 Å². The van der Waals surface area contributed by atoms with Gasteiger partial charge in [-0.05, 0) is 37.1 Å². The third-order valence-corrected chi connectivity index (χ3v) is 3.49. The Kier molecular flexibility index (Phi) is 4.18. The lowest BCUT2D eigenvalue weighted by Crippen LogP contribution is -2.24. The Bertz CT molecular complexity index is 565. The second kappa shape index (κ2) is 5.26. The van der Waals surface area contributed by atoms with Crippen LogP contribution in [0.25, 0.3) is 0 Å². The lowest BCUT2D eigenvalue weighted by atomic mass is 10.1. The van der Waals surface area contributed by atoms with E-state index in [1.807, 2.05) is 0 Å². The Morgan fingerprint density at radius 2 is 1.94 bits per heavy atom. The molecule has 0 heterocycles. The van der Waals surface area contributed by atoms with Gasteiger partial charge in [0.15, 0.2) is 5.75 Å². The number of anilines is 1. The molecule has 0 aliphatic heterocycles. The van der Waals surface area contributed by atoms with E-state index in [1.165, 1.54) is 12.1 Å². The summed E-state index contributed by atoms with van der Waals surface area (Å²) in [6.07, 6.45) is 0. The SMILES string of the molecule is COC(=O)CS(=O)(=O)Nc1cc(C)c(O)cc1C. The summed E-state index contributed by atoms with van der Waals surface area (Å²) in [7, 11) is -2.69. The maximum atomic E-state index is 11.6. The molecule has 0 radical (unpaired) electrons. The zero-order valence-electron chi connectivity index (χ0n) is 10.4. The zero-order chi connectivity index (χ0) is 13.9. The van der Waals surface area contributed by atoms with Gasteiger partial charge in [-0.15, -0.1) is 0 Å². The van der Waals surface area contributed by atoms with Crippen LogP contribution in [-0.2, 0) is 19.6 Å². The number of ether oxygens (including phenoxy) is 1. The van der Waals surface area contributed by atoms with Gasteiger partial charge in [-0.3, -0.25) is 9.52 Å². The summed E-state index contributed by atoms with van der Waals surface area (Å²) < 4.78 is 29.9. The number of phenolic OH excluding ortho intramolecular Hbond substituents is 1. The van der Waals surface area contributed by atoms with Crippen molar-refractivity contribution in [2.75, 3.05) is 17.6 Å². The Labute approximate surface area is 106 Å². The molecule has 1 rings (SSSR count). The van der Waals surface area contributed by atoms with Crippen molar-refractivity contribution in [1.82, 2.24) is 0 Å². The molecule has 0 fully saturated rings. The first-order valence-electron chi connectivity index (χ1n) is 5.12. The molecular formula is C11H15NO5S. The molecule has 0 saturated carbocycles. The van der Waals surface area contributed by atoms with E-state index in [0.29, 0.717) is 16.8 Å². The number of carbonyl (C=O) groups excluding carboxylic acids is 1. The molecule has 2 N–H and O–H groups in total. The molecule has 1 aromatic carbocycles. The van der Waals surface area contributed by atoms with Gasteiger partial charge in [0.1, 0.15) is 5.75 Å². The summed E-state index contributed by atoms with van der Waals surface area (Å²) in [5.41, 5.74) is 1.43. The lowest BCUT2D eigenvalue weighted by molar-refractivity contribution is -0.137. The molecule has 0 unspecified atom stereocenters. The summed E-state index contributed by atoms with van der Waals surface area (Å²) in [5, 5.41) is 9.46. The van der Waals surface area contributed by atoms with Crippen molar-refractivity contribution in [3.05, 3.63) is 23.3 Å². The van der Waals surface area contributed by atoms with Crippen LogP contribution in [0.5, 0.6) is 5.75 Å². The van der Waals surface area contributed by atoms with E-state index in [-0.39, 0.29) is 5.75 Å². The van der Waals surface area contributed by atoms with Crippen molar-refractivity contribution in [2.24, 2.45) is 0 Å². The van der Waals surface area contributed by atoms with E-state index >= 15 is 0 Å². The highest BCUT2D eigenvalue weighted by molar-refractivity contribution is 7.93. The molecule has 0 aliphatic carbocycles. The van der Waals surface area contributed by atoms with Crippen LogP contribution in [0.4, 0.5) is 5.69 Å². The predicted molar refractivity (Wildman–Crippen MR) is 67.0 cm³/mol. The van der Waals surface area contributed by atoms with Crippen molar-refractivity contribution in [3.8, 4) is 5.75 Å². The molecule has 0 amide bonds. The highest BCUT2D eigenvalue weighted by Gasteiger charge is 2.18. The van der Waals surface area contributed by atoms with Crippen LogP contribution in [0.1, 0.15) is 11.1 Å². The predicted octanol–water partition coefficient (Wildman–Crippen LogP) is 0.924. The minimum Gasteiger partial charge on any atom is -0.508 e. The van der Waals surface area contributed by atoms with Crippen LogP contribution in [0.2, 0.25) is 0 Å². The summed E-state index contributed by atoms with van der Waals surface area (Å²) in [6.45, 7) is 3.29. The molecule has 0 atom stereocenters. The maximum absolute atomic E-state index is 11.6. The number of carbonyl (C=O) groups is 1. The number of benzene rings is 1. The average molecular weight is 273 g/mol. The van der Waals surface area contributed by atoms with E-state index in [4.69, 9.17) is 0 Å². The van der Waals surface area contributed by atoms with E-state index in [9.17, 15) is 18.3 Å². The lowest BCUT2D eigenvalue weighted by Gasteiger charge is -2.11. The van der Waals surface area contributed by atoms with Gasteiger partial charge in [0.05, 0.1) is 12.8 Å². The first kappa shape index (κ1) is 14.3. The number of aryl methyl sites for hydroxylation is 2. The van der Waals surface area contributed by atoms with Gasteiger partial charge in [-0.2, -0.15) is 0 Å². The van der Waals surface area contributed by atoms with Crippen LogP contribution in [0, 0.1) is 13.8 Å². The Morgan fingerprint density at radius 1 is 1.33 bits per heavy atom. The zero-order valence-corrected chi connectivity index (χ0v) is 11.2. The van der Waals surface area contributed by atoms with Crippen molar-refractivity contribution >= 4 is 21.7 Å². The number of phenols is 1. The first-order chi connectivity index (χ1) is 8.25. The number of rotatable bonds is 4. The minimum atomic E-state index is -3.80. The second-order valence-electron chi connectivity index (χ2n) is 3.89. The van der Waals surface area contributed by atoms with Crippen LogP contribution in [-0.4, -0.2) is 32.4 Å². The van der Waals surface area contributed by atoms with Gasteiger partial charge in [0.2, 0.25) is 10.0 Å². The molecule has 0 saturated heterocycles. The quantitative estimate of drug-likeness (QED) is 0.628. The summed E-state index contributed by atoms with van der Waals surface area (Å²) in [5.74, 6) is -1.50. The van der Waals surface area contributed by atoms with E-state index in [1.54, 1.807) is 13.8 Å². The molecule has 18 heavy (non-hydrogen) atoms. The van der Waals surface area contributed by atoms with Crippen molar-refractivity contribution in [1.29, 1.82) is 0 Å². The highest BCUT2D eigenvalue weighted by atomic mass is 32.2. The monoisotopic (exact) mass is 273 g/mol. The van der Waals surface area contributed by atoms with Gasteiger partial charge >= 0.3 is 5.97 Å². The van der Waals surface area contributed by atoms with Crippen LogP contribution in [0.3, 0.4) is 0 Å². The molecule has 6 nitrogen and oxygen atoms in total. The molecule has 7 heteroatoms. The summed E-state index contributed by atoms with van der Waals surface area (Å²) in [4.78, 5) is 10.9. The fourth-order valence-electron chi connectivity index (χ4n) is 1.33. The van der Waals surface area contributed by atoms with Gasteiger partial charge in [-0.25, -0.2) is 8.42 Å². The number of hydrogen-bond acceptors (Lipinski definition) is 5. The molecule has 100 valence electrons. The van der Waals surface area contributed by atoms with Gasteiger partial charge in [0, 0.05) is 0 Å². The maximum Gasteiger partial charge on any atom is 0.322 e. The van der Waals surface area contributed by atoms with Crippen molar-refractivity contribution < 1.29 is 23.1 Å². The van der Waals surface area contributed by atoms with E-state index in [0.717, 1.165) is 7.11 Å². The average Bonchev–Trinajstić information content (AvgIpc) is 2.24. The van der Waals surface area contributed by atoms with Crippen LogP contribution < -0.4 is 4.72 Å². The largest absolute Gasteiger partial charge is 0.508 e. The van der Waals surface area contributed by atoms with Crippen molar-refractivity contribution in [3.63, 3.8) is 0 Å². The smallest absolute Gasteiger partial charge is 0.322 e. The molecule has 0 bridgehead atoms. The molecule has 1 aromatic rings. The Hall–Kier alpha value is -1.76. The molecule has 0 aromatic heterocycles. The van der Waals surface area contributed by atoms with Gasteiger partial charge in [-0.1, -0.05) is 0 Å². The third kappa shape index (κ3) is 3.63. The fourth-order valence-corrected chi connectivity index (χ4v) is 2.38. The minimum absolute atomic E-state index is 0.0865. The number of aromatic hydroxyl groups is 1. The molecule has 0 spiro atoms.